The third-order valence-corrected chi connectivity index (χ3v) is 4.18. The second-order valence-electron chi connectivity index (χ2n) is 6.31. The van der Waals surface area contributed by atoms with E-state index in [2.05, 4.69) is 10.4 Å². The van der Waals surface area contributed by atoms with Crippen LogP contribution in [0.2, 0.25) is 0 Å². The Morgan fingerprint density at radius 2 is 2.13 bits per heavy atom. The van der Waals surface area contributed by atoms with E-state index >= 15 is 0 Å². The van der Waals surface area contributed by atoms with Crippen molar-refractivity contribution in [3.63, 3.8) is 0 Å². The first kappa shape index (κ1) is 23.4. The molecule has 0 saturated carbocycles. The number of halogens is 3. The van der Waals surface area contributed by atoms with Gasteiger partial charge < -0.3 is 24.3 Å². The molecule has 0 spiro atoms. The summed E-state index contributed by atoms with van der Waals surface area (Å²) in [6.07, 6.45) is -0.921. The molecule has 1 amide bonds. The van der Waals surface area contributed by atoms with Gasteiger partial charge in [-0.2, -0.15) is 18.3 Å². The molecule has 1 aliphatic rings. The van der Waals surface area contributed by atoms with Gasteiger partial charge in [0, 0.05) is 19.9 Å². The maximum Gasteiger partial charge on any atom is 0.490 e. The second-order valence-corrected chi connectivity index (χ2v) is 6.31. The normalized spacial score (nSPS) is 15.7. The number of hydrogen-bond donors (Lipinski definition) is 2. The van der Waals surface area contributed by atoms with Gasteiger partial charge in [-0.3, -0.25) is 9.48 Å². The van der Waals surface area contributed by atoms with Gasteiger partial charge in [-0.25, -0.2) is 4.79 Å². The molecule has 3 heterocycles. The van der Waals surface area contributed by atoms with Crippen LogP contribution in [0.3, 0.4) is 0 Å². The first-order valence-electron chi connectivity index (χ1n) is 8.92. The molecule has 0 fully saturated rings. The van der Waals surface area contributed by atoms with E-state index in [1.807, 2.05) is 10.9 Å². The number of carbonyl (C=O) groups excluding carboxylic acids is 1. The largest absolute Gasteiger partial charge is 0.490 e. The first-order valence-corrected chi connectivity index (χ1v) is 8.92. The number of aryl methyl sites for hydroxylation is 1. The predicted molar refractivity (Wildman–Crippen MR) is 96.0 cm³/mol. The quantitative estimate of drug-likeness (QED) is 0.717. The third kappa shape index (κ3) is 6.32. The van der Waals surface area contributed by atoms with Crippen molar-refractivity contribution in [1.29, 1.82) is 0 Å². The van der Waals surface area contributed by atoms with E-state index in [0.717, 1.165) is 12.1 Å². The molecule has 2 aromatic heterocycles. The summed E-state index contributed by atoms with van der Waals surface area (Å²) in [6.45, 7) is 4.10. The zero-order valence-electron chi connectivity index (χ0n) is 16.4. The number of methoxy groups -OCH3 is 1. The van der Waals surface area contributed by atoms with Gasteiger partial charge >= 0.3 is 12.1 Å². The Kier molecular flexibility index (Phi) is 8.00. The summed E-state index contributed by atoms with van der Waals surface area (Å²) >= 11 is 0. The lowest BCUT2D eigenvalue weighted by atomic mass is 10.1. The molecular formula is C18H22F3N3O6. The molecule has 1 aliphatic heterocycles. The highest BCUT2D eigenvalue weighted by Gasteiger charge is 2.38. The molecule has 166 valence electrons. The van der Waals surface area contributed by atoms with Crippen molar-refractivity contribution in [1.82, 2.24) is 15.1 Å². The fraction of sp³-hybridized carbons (Fsp3) is 0.500. The average molecular weight is 433 g/mol. The minimum Gasteiger partial charge on any atom is -0.475 e. The number of carboxylic acid groups (broad SMARTS) is 1. The number of carboxylic acids is 1. The van der Waals surface area contributed by atoms with E-state index < -0.39 is 12.1 Å². The van der Waals surface area contributed by atoms with E-state index in [-0.39, 0.29) is 12.0 Å². The van der Waals surface area contributed by atoms with Crippen LogP contribution in [-0.4, -0.2) is 59.8 Å². The summed E-state index contributed by atoms with van der Waals surface area (Å²) in [6, 6.07) is 1.66. The van der Waals surface area contributed by atoms with E-state index in [4.69, 9.17) is 23.8 Å². The number of aliphatic carboxylic acids is 1. The molecule has 1 unspecified atom stereocenters. The number of aromatic nitrogens is 2. The Bertz CT molecular complexity index is 862. The second kappa shape index (κ2) is 10.3. The third-order valence-electron chi connectivity index (χ3n) is 4.18. The maximum absolute atomic E-state index is 12.2. The Hall–Kier alpha value is -2.86. The lowest BCUT2D eigenvalue weighted by Crippen LogP contribution is -2.32. The number of fused-ring (bicyclic) bond motifs is 1. The van der Waals surface area contributed by atoms with Crippen LogP contribution in [0.1, 0.15) is 33.5 Å². The summed E-state index contributed by atoms with van der Waals surface area (Å²) in [5.74, 6) is -2.31. The van der Waals surface area contributed by atoms with Gasteiger partial charge in [-0.15, -0.1) is 0 Å². The van der Waals surface area contributed by atoms with E-state index in [9.17, 15) is 18.0 Å². The van der Waals surface area contributed by atoms with Gasteiger partial charge in [0.05, 0.1) is 37.3 Å². The molecule has 2 N–H and O–H groups in total. The molecule has 0 aromatic carbocycles. The molecule has 0 radical (unpaired) electrons. The smallest absolute Gasteiger partial charge is 0.475 e. The lowest BCUT2D eigenvalue weighted by molar-refractivity contribution is -0.192. The Morgan fingerprint density at radius 3 is 2.70 bits per heavy atom. The van der Waals surface area contributed by atoms with E-state index in [1.54, 1.807) is 20.1 Å². The highest BCUT2D eigenvalue weighted by molar-refractivity contribution is 5.95. The van der Waals surface area contributed by atoms with Crippen molar-refractivity contribution < 1.29 is 41.8 Å². The summed E-state index contributed by atoms with van der Waals surface area (Å²) in [5, 5.41) is 14.6. The first-order chi connectivity index (χ1) is 14.1. The molecule has 30 heavy (non-hydrogen) atoms. The molecule has 9 nitrogen and oxygen atoms in total. The van der Waals surface area contributed by atoms with Crippen molar-refractivity contribution >= 4 is 11.9 Å². The molecule has 2 aromatic rings. The minimum atomic E-state index is -5.08. The molecule has 0 aliphatic carbocycles. The highest BCUT2D eigenvalue weighted by Crippen LogP contribution is 2.25. The van der Waals surface area contributed by atoms with Gasteiger partial charge in [-0.1, -0.05) is 0 Å². The SMILES string of the molecule is COCCn1cc2c(n1)C(CNC(=O)c1ccoc1C)OCC2.O=C(O)C(F)(F)F. The van der Waals surface area contributed by atoms with Crippen LogP contribution in [-0.2, 0) is 27.2 Å². The Morgan fingerprint density at radius 1 is 1.43 bits per heavy atom. The fourth-order valence-corrected chi connectivity index (χ4v) is 2.69. The molecule has 1 atom stereocenters. The number of carbonyl (C=O) groups is 2. The zero-order chi connectivity index (χ0) is 22.3. The van der Waals surface area contributed by atoms with Crippen molar-refractivity contribution in [2.75, 3.05) is 26.9 Å². The lowest BCUT2D eigenvalue weighted by Gasteiger charge is -2.22. The van der Waals surface area contributed by atoms with Crippen molar-refractivity contribution in [2.45, 2.75) is 32.2 Å². The molecule has 3 rings (SSSR count). The van der Waals surface area contributed by atoms with Crippen LogP contribution >= 0.6 is 0 Å². The number of alkyl halides is 3. The molecule has 12 heteroatoms. The topological polar surface area (TPSA) is 116 Å². The number of nitrogens with zero attached hydrogens (tertiary/aromatic N) is 2. The van der Waals surface area contributed by atoms with Crippen LogP contribution in [0.25, 0.3) is 0 Å². The van der Waals surface area contributed by atoms with E-state index in [1.165, 1.54) is 11.8 Å². The summed E-state index contributed by atoms with van der Waals surface area (Å²) in [5.41, 5.74) is 2.62. The number of ether oxygens (including phenoxy) is 2. The Labute approximate surface area is 169 Å². The van der Waals surface area contributed by atoms with Crippen LogP contribution in [0.5, 0.6) is 0 Å². The number of rotatable bonds is 6. The van der Waals surface area contributed by atoms with E-state index in [0.29, 0.717) is 37.6 Å². The number of nitrogens with one attached hydrogen (secondary N) is 1. The number of hydrogen-bond acceptors (Lipinski definition) is 6. The maximum atomic E-state index is 12.2. The highest BCUT2D eigenvalue weighted by atomic mass is 19.4. The average Bonchev–Trinajstić information content (AvgIpc) is 3.30. The van der Waals surface area contributed by atoms with Gasteiger partial charge in [0.2, 0.25) is 0 Å². The molecular weight excluding hydrogens is 411 g/mol. The van der Waals surface area contributed by atoms with Gasteiger partial charge in [0.25, 0.3) is 5.91 Å². The number of amides is 1. The van der Waals surface area contributed by atoms with Crippen LogP contribution < -0.4 is 5.32 Å². The minimum absolute atomic E-state index is 0.161. The fourth-order valence-electron chi connectivity index (χ4n) is 2.69. The summed E-state index contributed by atoms with van der Waals surface area (Å²) < 4.78 is 49.6. The van der Waals surface area contributed by atoms with Gasteiger partial charge in [0.15, 0.2) is 0 Å². The molecule has 0 saturated heterocycles. The van der Waals surface area contributed by atoms with Gasteiger partial charge in [-0.05, 0) is 25.0 Å². The van der Waals surface area contributed by atoms with Crippen molar-refractivity contribution in [3.8, 4) is 0 Å². The van der Waals surface area contributed by atoms with Gasteiger partial charge in [0.1, 0.15) is 11.9 Å². The van der Waals surface area contributed by atoms with Crippen molar-refractivity contribution in [2.24, 2.45) is 0 Å². The van der Waals surface area contributed by atoms with Crippen LogP contribution in [0.15, 0.2) is 22.9 Å². The molecule has 0 bridgehead atoms. The summed E-state index contributed by atoms with van der Waals surface area (Å²) in [4.78, 5) is 21.1. The predicted octanol–water partition coefficient (Wildman–Crippen LogP) is 2.11. The number of furan rings is 1. The van der Waals surface area contributed by atoms with Crippen LogP contribution in [0.4, 0.5) is 13.2 Å². The monoisotopic (exact) mass is 433 g/mol. The zero-order valence-corrected chi connectivity index (χ0v) is 16.4. The standard InChI is InChI=1S/C16H21N3O4.C2HF3O2/c1-11-13(4-7-22-11)16(20)17-9-14-15-12(3-6-23-14)10-19(18-15)5-8-21-2;3-2(4,5)1(6)7/h4,7,10,14H,3,5-6,8-9H2,1-2H3,(H,17,20);(H,6,7). The van der Waals surface area contributed by atoms with Crippen molar-refractivity contribution in [3.05, 3.63) is 41.1 Å². The Balaban J connectivity index is 0.000000396. The summed E-state index contributed by atoms with van der Waals surface area (Å²) in [7, 11) is 1.67. The van der Waals surface area contributed by atoms with Crippen LogP contribution in [0, 0.1) is 6.92 Å².